The third kappa shape index (κ3) is 4.53. The molecule has 1 aromatic rings. The van der Waals surface area contributed by atoms with Gasteiger partial charge in [-0.25, -0.2) is 0 Å². The molecule has 0 atom stereocenters. The lowest BCUT2D eigenvalue weighted by molar-refractivity contribution is -0.0328. The maximum atomic E-state index is 12.2. The van der Waals surface area contributed by atoms with Crippen molar-refractivity contribution in [3.05, 3.63) is 29.8 Å². The summed E-state index contributed by atoms with van der Waals surface area (Å²) in [6.07, 6.45) is 3.74. The van der Waals surface area contributed by atoms with Crippen molar-refractivity contribution in [2.24, 2.45) is 0 Å². The number of thioether (sulfide) groups is 1. The highest BCUT2D eigenvalue weighted by molar-refractivity contribution is 8.00. The fraction of sp³-hybridized carbons (Fsp3) is 0.538. The van der Waals surface area contributed by atoms with E-state index >= 15 is 0 Å². The highest BCUT2D eigenvalue weighted by Gasteiger charge is 2.29. The minimum absolute atomic E-state index is 0.0581. The van der Waals surface area contributed by atoms with Gasteiger partial charge >= 0.3 is 5.51 Å². The predicted octanol–water partition coefficient (Wildman–Crippen LogP) is 4.28. The normalized spacial score (nSPS) is 17.9. The van der Waals surface area contributed by atoms with Gasteiger partial charge in [-0.15, -0.1) is 0 Å². The van der Waals surface area contributed by atoms with E-state index in [1.807, 2.05) is 0 Å². The molecular weight excluding hydrogens is 259 g/mol. The van der Waals surface area contributed by atoms with E-state index in [9.17, 15) is 13.2 Å². The number of hydrogen-bond acceptors (Lipinski definition) is 2. The molecule has 0 aromatic heterocycles. The molecule has 100 valence electrons. The number of benzene rings is 1. The molecule has 0 aliphatic carbocycles. The minimum atomic E-state index is -4.20. The molecule has 2 rings (SSSR count). The van der Waals surface area contributed by atoms with E-state index in [4.69, 9.17) is 0 Å². The highest BCUT2D eigenvalue weighted by atomic mass is 32.2. The van der Waals surface area contributed by atoms with Crippen LogP contribution >= 0.6 is 11.8 Å². The van der Waals surface area contributed by atoms with Crippen LogP contribution in [0.2, 0.25) is 0 Å². The molecule has 1 nitrogen and oxygen atoms in total. The molecule has 1 aromatic carbocycles. The van der Waals surface area contributed by atoms with Crippen LogP contribution in [0.25, 0.3) is 0 Å². The minimum Gasteiger partial charge on any atom is -0.299 e. The summed E-state index contributed by atoms with van der Waals surface area (Å²) in [6.45, 7) is 3.04. The Balaban J connectivity index is 1.90. The molecule has 1 aliphatic rings. The van der Waals surface area contributed by atoms with Crippen LogP contribution < -0.4 is 0 Å². The highest BCUT2D eigenvalue weighted by Crippen LogP contribution is 2.36. The number of halogens is 3. The summed E-state index contributed by atoms with van der Waals surface area (Å²) in [5.41, 5.74) is -3.11. The second kappa shape index (κ2) is 5.97. The predicted molar refractivity (Wildman–Crippen MR) is 67.5 cm³/mol. The van der Waals surface area contributed by atoms with Gasteiger partial charge in [-0.1, -0.05) is 18.6 Å². The summed E-state index contributed by atoms with van der Waals surface area (Å²) in [4.78, 5) is 2.61. The number of alkyl halides is 3. The average Bonchev–Trinajstić information content (AvgIpc) is 2.31. The van der Waals surface area contributed by atoms with Crippen molar-refractivity contribution in [3.63, 3.8) is 0 Å². The Kier molecular flexibility index (Phi) is 4.56. The summed E-state index contributed by atoms with van der Waals surface area (Å²) in [7, 11) is 0. The lowest BCUT2D eigenvalue weighted by Gasteiger charge is -2.26. The van der Waals surface area contributed by atoms with Crippen LogP contribution in [0.1, 0.15) is 24.8 Å². The molecule has 0 amide bonds. The maximum Gasteiger partial charge on any atom is 0.446 e. The third-order valence-electron chi connectivity index (χ3n) is 3.01. The number of piperidine rings is 1. The first-order chi connectivity index (χ1) is 8.53. The molecule has 18 heavy (non-hydrogen) atoms. The van der Waals surface area contributed by atoms with Crippen molar-refractivity contribution < 1.29 is 13.2 Å². The van der Waals surface area contributed by atoms with Gasteiger partial charge in [0, 0.05) is 11.4 Å². The van der Waals surface area contributed by atoms with Crippen LogP contribution in [0.3, 0.4) is 0 Å². The van der Waals surface area contributed by atoms with Crippen molar-refractivity contribution in [1.29, 1.82) is 0 Å². The van der Waals surface area contributed by atoms with Crippen molar-refractivity contribution in [2.75, 3.05) is 13.1 Å². The fourth-order valence-corrected chi connectivity index (χ4v) is 2.71. The van der Waals surface area contributed by atoms with Crippen molar-refractivity contribution in [2.45, 2.75) is 36.2 Å². The molecular formula is C13H16F3NS. The summed E-state index contributed by atoms with van der Waals surface area (Å²) in [6, 6.07) is 6.69. The zero-order valence-electron chi connectivity index (χ0n) is 10.0. The molecule has 0 N–H and O–H groups in total. The summed E-state index contributed by atoms with van der Waals surface area (Å²) < 4.78 is 36.5. The average molecular weight is 275 g/mol. The molecule has 0 unspecified atom stereocenters. The van der Waals surface area contributed by atoms with Crippen LogP contribution in [0.5, 0.6) is 0 Å². The van der Waals surface area contributed by atoms with Gasteiger partial charge in [-0.05, 0) is 55.4 Å². The van der Waals surface area contributed by atoms with E-state index in [0.717, 1.165) is 25.2 Å². The van der Waals surface area contributed by atoms with Crippen LogP contribution in [0, 0.1) is 0 Å². The summed E-state index contributed by atoms with van der Waals surface area (Å²) in [5.74, 6) is 0. The van der Waals surface area contributed by atoms with E-state index in [-0.39, 0.29) is 16.7 Å². The van der Waals surface area contributed by atoms with E-state index < -0.39 is 5.51 Å². The smallest absolute Gasteiger partial charge is 0.299 e. The van der Waals surface area contributed by atoms with Crippen molar-refractivity contribution in [3.8, 4) is 0 Å². The lowest BCUT2D eigenvalue weighted by atomic mass is 10.1. The van der Waals surface area contributed by atoms with Gasteiger partial charge in [-0.3, -0.25) is 4.90 Å². The van der Waals surface area contributed by atoms with Gasteiger partial charge < -0.3 is 0 Å². The molecule has 0 spiro atoms. The summed E-state index contributed by atoms with van der Waals surface area (Å²) in [5, 5.41) is 0. The molecule has 5 heteroatoms. The number of likely N-dealkylation sites (tertiary alicyclic amines) is 1. The first-order valence-corrected chi connectivity index (χ1v) is 6.92. The molecule has 0 radical (unpaired) electrons. The Morgan fingerprint density at radius 2 is 1.61 bits per heavy atom. The Morgan fingerprint density at radius 1 is 1.00 bits per heavy atom. The van der Waals surface area contributed by atoms with E-state index in [0.29, 0.717) is 0 Å². The second-order valence-corrected chi connectivity index (χ2v) is 5.67. The standard InChI is InChI=1S/C13H16F3NS/c14-13(15,16)18-12-6-4-11(5-7-12)10-17-8-2-1-3-9-17/h4-7H,1-3,8-10H2. The quantitative estimate of drug-likeness (QED) is 0.757. The van der Waals surface area contributed by atoms with Gasteiger partial charge in [0.15, 0.2) is 0 Å². The van der Waals surface area contributed by atoms with Gasteiger partial charge in [-0.2, -0.15) is 13.2 Å². The fourth-order valence-electron chi connectivity index (χ4n) is 2.17. The summed E-state index contributed by atoms with van der Waals surface area (Å²) >= 11 is -0.0581. The first-order valence-electron chi connectivity index (χ1n) is 6.10. The van der Waals surface area contributed by atoms with E-state index in [1.54, 1.807) is 24.3 Å². The Morgan fingerprint density at radius 3 is 2.17 bits per heavy atom. The van der Waals surface area contributed by atoms with Crippen LogP contribution in [-0.2, 0) is 6.54 Å². The number of hydrogen-bond donors (Lipinski definition) is 0. The van der Waals surface area contributed by atoms with E-state index in [2.05, 4.69) is 4.90 Å². The molecule has 1 aliphatic heterocycles. The largest absolute Gasteiger partial charge is 0.446 e. The zero-order chi connectivity index (χ0) is 13.0. The topological polar surface area (TPSA) is 3.24 Å². The third-order valence-corrected chi connectivity index (χ3v) is 3.75. The first kappa shape index (κ1) is 13.7. The van der Waals surface area contributed by atoms with Crippen molar-refractivity contribution >= 4 is 11.8 Å². The Bertz CT molecular complexity index is 369. The molecule has 1 saturated heterocycles. The zero-order valence-corrected chi connectivity index (χ0v) is 10.9. The van der Waals surface area contributed by atoms with Crippen LogP contribution in [0.15, 0.2) is 29.2 Å². The van der Waals surface area contributed by atoms with Gasteiger partial charge in [0.05, 0.1) is 0 Å². The lowest BCUT2D eigenvalue weighted by Crippen LogP contribution is -2.29. The van der Waals surface area contributed by atoms with Crippen LogP contribution in [-0.4, -0.2) is 23.5 Å². The van der Waals surface area contributed by atoms with Crippen molar-refractivity contribution in [1.82, 2.24) is 4.90 Å². The van der Waals surface area contributed by atoms with Gasteiger partial charge in [0.25, 0.3) is 0 Å². The molecule has 0 saturated carbocycles. The Labute approximate surface area is 109 Å². The molecule has 1 fully saturated rings. The number of rotatable bonds is 3. The van der Waals surface area contributed by atoms with Crippen LogP contribution in [0.4, 0.5) is 13.2 Å². The van der Waals surface area contributed by atoms with Gasteiger partial charge in [0.1, 0.15) is 0 Å². The Hall–Kier alpha value is -0.680. The SMILES string of the molecule is FC(F)(F)Sc1ccc(CN2CCCCC2)cc1. The maximum absolute atomic E-state index is 12.2. The molecule has 1 heterocycles. The number of nitrogens with zero attached hydrogens (tertiary/aromatic N) is 1. The van der Waals surface area contributed by atoms with Gasteiger partial charge in [0.2, 0.25) is 0 Å². The molecule has 0 bridgehead atoms. The second-order valence-electron chi connectivity index (χ2n) is 4.53. The monoisotopic (exact) mass is 275 g/mol. The van der Waals surface area contributed by atoms with E-state index in [1.165, 1.54) is 19.3 Å².